The molecule has 0 unspecified atom stereocenters. The fraction of sp³-hybridized carbons (Fsp3) is 0. The van der Waals surface area contributed by atoms with Gasteiger partial charge in [-0.1, -0.05) is 12.1 Å². The Bertz CT molecular complexity index is 729. The summed E-state index contributed by atoms with van der Waals surface area (Å²) in [5.74, 6) is 0. The van der Waals surface area contributed by atoms with Gasteiger partial charge in [-0.3, -0.25) is 4.79 Å². The van der Waals surface area contributed by atoms with Crippen LogP contribution in [0.25, 0.3) is 20.2 Å². The minimum atomic E-state index is 0.0938. The van der Waals surface area contributed by atoms with E-state index in [9.17, 15) is 4.79 Å². The fourth-order valence-electron chi connectivity index (χ4n) is 1.83. The molecule has 3 aromatic rings. The van der Waals surface area contributed by atoms with Gasteiger partial charge in [0.15, 0.2) is 5.43 Å². The first-order valence-corrected chi connectivity index (χ1v) is 7.38. The second-order valence-corrected chi connectivity index (χ2v) is 6.39. The van der Waals surface area contributed by atoms with Crippen LogP contribution in [0.15, 0.2) is 50.1 Å². The summed E-state index contributed by atoms with van der Waals surface area (Å²) in [6.45, 7) is 0. The maximum atomic E-state index is 12.4. The summed E-state index contributed by atoms with van der Waals surface area (Å²) in [7, 11) is 0. The summed E-state index contributed by atoms with van der Waals surface area (Å²) in [6, 6.07) is 11.5. The van der Waals surface area contributed by atoms with Crippen molar-refractivity contribution in [1.82, 2.24) is 0 Å². The third-order valence-corrected chi connectivity index (χ3v) is 5.76. The van der Waals surface area contributed by atoms with Gasteiger partial charge < -0.3 is 0 Å². The van der Waals surface area contributed by atoms with E-state index in [0.29, 0.717) is 0 Å². The average Bonchev–Trinajstić information content (AvgIpc) is 2.32. The molecule has 0 bridgehead atoms. The van der Waals surface area contributed by atoms with Crippen LogP contribution in [0.1, 0.15) is 0 Å². The van der Waals surface area contributed by atoms with E-state index in [1.165, 1.54) is 0 Å². The number of fused-ring (bicyclic) bond motifs is 2. The summed E-state index contributed by atoms with van der Waals surface area (Å²) in [6.07, 6.45) is 0. The summed E-state index contributed by atoms with van der Waals surface area (Å²) >= 11 is 8.62. The van der Waals surface area contributed by atoms with Crippen LogP contribution in [0, 0.1) is 0 Å². The second-order valence-electron chi connectivity index (χ2n) is 3.66. The van der Waals surface area contributed by atoms with Crippen molar-refractivity contribution in [3.63, 3.8) is 0 Å². The lowest BCUT2D eigenvalue weighted by molar-refractivity contribution is 1.71. The Labute approximate surface area is 118 Å². The van der Waals surface area contributed by atoms with Crippen molar-refractivity contribution in [1.29, 1.82) is 0 Å². The number of halogens is 2. The first-order chi connectivity index (χ1) is 8.18. The zero-order valence-corrected chi connectivity index (χ0v) is 12.5. The van der Waals surface area contributed by atoms with Crippen molar-refractivity contribution in [3.8, 4) is 0 Å². The van der Waals surface area contributed by atoms with E-state index in [1.54, 1.807) is 11.3 Å². The minimum Gasteiger partial charge on any atom is -0.289 e. The molecule has 17 heavy (non-hydrogen) atoms. The predicted octanol–water partition coefficient (Wildman–Crippen LogP) is 4.94. The van der Waals surface area contributed by atoms with Crippen LogP contribution in [-0.4, -0.2) is 0 Å². The molecule has 4 heteroatoms. The molecule has 1 heterocycles. The summed E-state index contributed by atoms with van der Waals surface area (Å²) in [4.78, 5) is 12.4. The highest BCUT2D eigenvalue weighted by Gasteiger charge is 2.09. The van der Waals surface area contributed by atoms with Gasteiger partial charge in [-0.05, 0) is 56.1 Å². The topological polar surface area (TPSA) is 17.1 Å². The molecule has 0 saturated carbocycles. The van der Waals surface area contributed by atoms with E-state index in [-0.39, 0.29) is 5.43 Å². The number of benzene rings is 2. The molecule has 0 amide bonds. The van der Waals surface area contributed by atoms with Gasteiger partial charge in [-0.25, -0.2) is 0 Å². The maximum Gasteiger partial charge on any atom is 0.195 e. The van der Waals surface area contributed by atoms with E-state index in [2.05, 4.69) is 31.9 Å². The first kappa shape index (κ1) is 11.4. The Morgan fingerprint density at radius 3 is 1.76 bits per heavy atom. The molecule has 0 fully saturated rings. The lowest BCUT2D eigenvalue weighted by Crippen LogP contribution is -2.00. The zero-order valence-electron chi connectivity index (χ0n) is 8.54. The first-order valence-electron chi connectivity index (χ1n) is 4.98. The van der Waals surface area contributed by atoms with Crippen LogP contribution in [-0.2, 0) is 0 Å². The smallest absolute Gasteiger partial charge is 0.195 e. The molecular weight excluding hydrogens is 364 g/mol. The van der Waals surface area contributed by atoms with E-state index in [4.69, 9.17) is 0 Å². The molecule has 0 aliphatic rings. The van der Waals surface area contributed by atoms with Gasteiger partial charge in [0.05, 0.1) is 9.40 Å². The monoisotopic (exact) mass is 368 g/mol. The quantitative estimate of drug-likeness (QED) is 0.513. The van der Waals surface area contributed by atoms with Crippen LogP contribution in [0.5, 0.6) is 0 Å². The van der Waals surface area contributed by atoms with Crippen molar-refractivity contribution in [2.45, 2.75) is 0 Å². The Morgan fingerprint density at radius 1 is 0.824 bits per heavy atom. The Morgan fingerprint density at radius 2 is 1.29 bits per heavy atom. The molecule has 0 N–H and O–H groups in total. The van der Waals surface area contributed by atoms with Crippen LogP contribution in [0.2, 0.25) is 0 Å². The average molecular weight is 370 g/mol. The van der Waals surface area contributed by atoms with E-state index < -0.39 is 0 Å². The van der Waals surface area contributed by atoms with Crippen LogP contribution in [0.3, 0.4) is 0 Å². The van der Waals surface area contributed by atoms with Crippen molar-refractivity contribution in [2.75, 3.05) is 0 Å². The van der Waals surface area contributed by atoms with Crippen LogP contribution >= 0.6 is 43.2 Å². The normalized spacial score (nSPS) is 11.2. The molecule has 0 aliphatic carbocycles. The largest absolute Gasteiger partial charge is 0.289 e. The standard InChI is InChI=1S/C13H6Br2OS/c14-9-5-1-3-7-11(16)8-4-2-6-10(15)13(8)17-12(7)9/h1-6H. The van der Waals surface area contributed by atoms with Gasteiger partial charge in [0, 0.05) is 19.7 Å². The van der Waals surface area contributed by atoms with Crippen molar-refractivity contribution in [3.05, 3.63) is 55.6 Å². The highest BCUT2D eigenvalue weighted by molar-refractivity contribution is 9.11. The summed E-state index contributed by atoms with van der Waals surface area (Å²) in [5.41, 5.74) is 0.0938. The minimum absolute atomic E-state index is 0.0938. The lowest BCUT2D eigenvalue weighted by Gasteiger charge is -2.03. The fourth-order valence-corrected chi connectivity index (χ4v) is 4.12. The second kappa shape index (κ2) is 4.19. The molecule has 0 aliphatic heterocycles. The molecule has 0 saturated heterocycles. The molecular formula is C13H6Br2OS. The number of rotatable bonds is 0. The van der Waals surface area contributed by atoms with Gasteiger partial charge in [0.1, 0.15) is 0 Å². The zero-order chi connectivity index (χ0) is 12.0. The van der Waals surface area contributed by atoms with Crippen molar-refractivity contribution in [2.24, 2.45) is 0 Å². The summed E-state index contributed by atoms with van der Waals surface area (Å²) in [5, 5.41) is 1.55. The van der Waals surface area contributed by atoms with Gasteiger partial charge in [0.25, 0.3) is 0 Å². The molecule has 0 atom stereocenters. The van der Waals surface area contributed by atoms with Crippen molar-refractivity contribution < 1.29 is 0 Å². The molecule has 1 aromatic heterocycles. The van der Waals surface area contributed by atoms with Gasteiger partial charge >= 0.3 is 0 Å². The third kappa shape index (κ3) is 1.75. The van der Waals surface area contributed by atoms with E-state index >= 15 is 0 Å². The molecule has 84 valence electrons. The predicted molar refractivity (Wildman–Crippen MR) is 81.0 cm³/mol. The van der Waals surface area contributed by atoms with E-state index in [0.717, 1.165) is 29.1 Å². The van der Waals surface area contributed by atoms with Gasteiger partial charge in [-0.2, -0.15) is 0 Å². The SMILES string of the molecule is O=c1c2cccc(Br)c2sc2c(Br)cccc12. The Hall–Kier alpha value is -0.710. The highest BCUT2D eigenvalue weighted by atomic mass is 79.9. The molecule has 1 nitrogen and oxygen atoms in total. The summed E-state index contributed by atoms with van der Waals surface area (Å²) < 4.78 is 3.93. The van der Waals surface area contributed by atoms with E-state index in [1.807, 2.05) is 36.4 Å². The third-order valence-electron chi connectivity index (χ3n) is 2.63. The van der Waals surface area contributed by atoms with Crippen molar-refractivity contribution >= 4 is 63.4 Å². The number of hydrogen-bond donors (Lipinski definition) is 0. The molecule has 2 aromatic carbocycles. The molecule has 0 spiro atoms. The van der Waals surface area contributed by atoms with Gasteiger partial charge in [0.2, 0.25) is 0 Å². The lowest BCUT2D eigenvalue weighted by atomic mass is 10.2. The highest BCUT2D eigenvalue weighted by Crippen LogP contribution is 2.33. The molecule has 0 radical (unpaired) electrons. The Kier molecular flexibility index (Phi) is 2.81. The van der Waals surface area contributed by atoms with Gasteiger partial charge in [-0.15, -0.1) is 11.3 Å². The molecule has 3 rings (SSSR count). The van der Waals surface area contributed by atoms with Crippen LogP contribution < -0.4 is 5.43 Å². The number of hydrogen-bond acceptors (Lipinski definition) is 2. The maximum absolute atomic E-state index is 12.4. The van der Waals surface area contributed by atoms with Crippen LogP contribution in [0.4, 0.5) is 0 Å². The Balaban J connectivity index is 2.68.